The Balaban J connectivity index is 1.22. The van der Waals surface area contributed by atoms with E-state index in [0.29, 0.717) is 18.7 Å². The smallest absolute Gasteiger partial charge is 0.251 e. The van der Waals surface area contributed by atoms with Gasteiger partial charge in [0.25, 0.3) is 5.91 Å². The third kappa shape index (κ3) is 6.93. The van der Waals surface area contributed by atoms with Gasteiger partial charge in [-0.1, -0.05) is 60.7 Å². The Kier molecular flexibility index (Phi) is 8.52. The maximum atomic E-state index is 12.4. The second kappa shape index (κ2) is 12.2. The molecule has 0 unspecified atom stereocenters. The summed E-state index contributed by atoms with van der Waals surface area (Å²) in [5, 5.41) is 5.85. The van der Waals surface area contributed by atoms with Gasteiger partial charge in [-0.15, -0.1) is 0 Å². The number of rotatable bonds is 9. The summed E-state index contributed by atoms with van der Waals surface area (Å²) in [4.78, 5) is 29.6. The van der Waals surface area contributed by atoms with Crippen LogP contribution in [0.2, 0.25) is 0 Å². The first kappa shape index (κ1) is 24.5. The van der Waals surface area contributed by atoms with Crippen LogP contribution in [-0.2, 0) is 17.9 Å². The molecular weight excluding hydrogens is 436 g/mol. The normalized spacial score (nSPS) is 13.9. The number of carbonyl (C=O) groups is 2. The van der Waals surface area contributed by atoms with E-state index in [0.717, 1.165) is 43.9 Å². The van der Waals surface area contributed by atoms with Gasteiger partial charge in [-0.2, -0.15) is 0 Å². The molecule has 4 rings (SSSR count). The zero-order valence-electron chi connectivity index (χ0n) is 20.4. The van der Waals surface area contributed by atoms with Crippen molar-refractivity contribution >= 4 is 17.5 Å². The number of nitrogens with zero attached hydrogens (tertiary/aromatic N) is 2. The van der Waals surface area contributed by atoms with Gasteiger partial charge in [-0.3, -0.25) is 14.5 Å². The molecule has 1 saturated heterocycles. The first-order valence-corrected chi connectivity index (χ1v) is 12.3. The summed E-state index contributed by atoms with van der Waals surface area (Å²) in [6.45, 7) is 7.63. The van der Waals surface area contributed by atoms with Crippen LogP contribution in [0.1, 0.15) is 33.5 Å². The molecule has 0 radical (unpaired) electrons. The minimum atomic E-state index is -0.145. The molecule has 1 aliphatic heterocycles. The number of nitrogens with one attached hydrogen (secondary N) is 2. The molecule has 0 aromatic heterocycles. The largest absolute Gasteiger partial charge is 0.369 e. The second-order valence-corrected chi connectivity index (χ2v) is 8.97. The van der Waals surface area contributed by atoms with Crippen molar-refractivity contribution in [3.63, 3.8) is 0 Å². The van der Waals surface area contributed by atoms with Crippen LogP contribution in [0.15, 0.2) is 78.9 Å². The summed E-state index contributed by atoms with van der Waals surface area (Å²) in [6.07, 6.45) is 0.251. The predicted octanol–water partition coefficient (Wildman–Crippen LogP) is 3.75. The summed E-state index contributed by atoms with van der Waals surface area (Å²) in [5.74, 6) is -0.213. The number of para-hydroxylation sites is 1. The van der Waals surface area contributed by atoms with Gasteiger partial charge in [0.2, 0.25) is 5.91 Å². The van der Waals surface area contributed by atoms with Crippen LogP contribution in [-0.4, -0.2) is 49.4 Å². The molecule has 1 fully saturated rings. The predicted molar refractivity (Wildman–Crippen MR) is 140 cm³/mol. The zero-order chi connectivity index (χ0) is 24.5. The van der Waals surface area contributed by atoms with Crippen molar-refractivity contribution in [2.24, 2.45) is 0 Å². The van der Waals surface area contributed by atoms with E-state index < -0.39 is 0 Å². The van der Waals surface area contributed by atoms with E-state index in [2.05, 4.69) is 69.0 Å². The lowest BCUT2D eigenvalue weighted by Crippen LogP contribution is -2.46. The molecule has 3 aromatic carbocycles. The number of piperazine rings is 1. The molecule has 1 heterocycles. The zero-order valence-corrected chi connectivity index (χ0v) is 20.4. The Morgan fingerprint density at radius 2 is 1.43 bits per heavy atom. The van der Waals surface area contributed by atoms with Crippen molar-refractivity contribution in [2.75, 3.05) is 37.6 Å². The number of hydrogen-bond donors (Lipinski definition) is 2. The maximum Gasteiger partial charge on any atom is 0.251 e. The molecule has 0 saturated carbocycles. The van der Waals surface area contributed by atoms with Crippen LogP contribution in [0, 0.1) is 6.92 Å². The van der Waals surface area contributed by atoms with Crippen molar-refractivity contribution in [3.8, 4) is 0 Å². The molecule has 35 heavy (non-hydrogen) atoms. The van der Waals surface area contributed by atoms with Crippen molar-refractivity contribution in [1.29, 1.82) is 0 Å². The number of carbonyl (C=O) groups excluding carboxylic acids is 2. The summed E-state index contributed by atoms with van der Waals surface area (Å²) in [5.41, 5.74) is 5.23. The van der Waals surface area contributed by atoms with E-state index in [-0.39, 0.29) is 18.2 Å². The minimum absolute atomic E-state index is 0.0682. The van der Waals surface area contributed by atoms with Crippen LogP contribution >= 0.6 is 0 Å². The van der Waals surface area contributed by atoms with Gasteiger partial charge in [-0.05, 0) is 41.8 Å². The Morgan fingerprint density at radius 1 is 0.771 bits per heavy atom. The SMILES string of the molecule is Cc1ccccc1C(=O)NCCC(=O)NCc1ccccc1CN1CCN(c2ccccc2)CC1. The topological polar surface area (TPSA) is 64.7 Å². The summed E-state index contributed by atoms with van der Waals surface area (Å²) in [7, 11) is 0. The van der Waals surface area contributed by atoms with E-state index in [1.807, 2.05) is 31.2 Å². The van der Waals surface area contributed by atoms with Gasteiger partial charge in [0.15, 0.2) is 0 Å². The molecule has 2 amide bonds. The standard InChI is InChI=1S/C29H34N4O2/c1-23-9-5-8-14-27(23)29(35)30-16-15-28(34)31-21-24-10-6-7-11-25(24)22-32-17-19-33(20-18-32)26-12-3-2-4-13-26/h2-14H,15-22H2,1H3,(H,30,35)(H,31,34). The fraction of sp³-hybridized carbons (Fsp3) is 0.310. The third-order valence-electron chi connectivity index (χ3n) is 6.51. The van der Waals surface area contributed by atoms with Gasteiger partial charge in [0.05, 0.1) is 0 Å². The Hall–Kier alpha value is -3.64. The third-order valence-corrected chi connectivity index (χ3v) is 6.51. The molecule has 3 aromatic rings. The molecular formula is C29H34N4O2. The lowest BCUT2D eigenvalue weighted by atomic mass is 10.1. The Bertz CT molecular complexity index is 1120. The van der Waals surface area contributed by atoms with Crippen LogP contribution in [0.4, 0.5) is 5.69 Å². The number of hydrogen-bond acceptors (Lipinski definition) is 4. The van der Waals surface area contributed by atoms with E-state index in [4.69, 9.17) is 0 Å². The molecule has 0 spiro atoms. The second-order valence-electron chi connectivity index (χ2n) is 8.97. The van der Waals surface area contributed by atoms with Gasteiger partial charge in [0.1, 0.15) is 0 Å². The fourth-order valence-corrected chi connectivity index (χ4v) is 4.42. The molecule has 0 atom stereocenters. The van der Waals surface area contributed by atoms with Crippen LogP contribution in [0.5, 0.6) is 0 Å². The minimum Gasteiger partial charge on any atom is -0.369 e. The lowest BCUT2D eigenvalue weighted by molar-refractivity contribution is -0.121. The average Bonchev–Trinajstić information content (AvgIpc) is 2.89. The van der Waals surface area contributed by atoms with Crippen molar-refractivity contribution in [2.45, 2.75) is 26.4 Å². The van der Waals surface area contributed by atoms with Gasteiger partial charge < -0.3 is 15.5 Å². The number of amides is 2. The molecule has 0 bridgehead atoms. The summed E-state index contributed by atoms with van der Waals surface area (Å²) >= 11 is 0. The van der Waals surface area contributed by atoms with Crippen LogP contribution in [0.25, 0.3) is 0 Å². The molecule has 1 aliphatic rings. The molecule has 0 aliphatic carbocycles. The number of aryl methyl sites for hydroxylation is 1. The summed E-state index contributed by atoms with van der Waals surface area (Å²) < 4.78 is 0. The average molecular weight is 471 g/mol. The van der Waals surface area contributed by atoms with Crippen LogP contribution < -0.4 is 15.5 Å². The van der Waals surface area contributed by atoms with Crippen molar-refractivity contribution in [3.05, 3.63) is 101 Å². The van der Waals surface area contributed by atoms with E-state index in [1.165, 1.54) is 11.3 Å². The molecule has 6 heteroatoms. The molecule has 6 nitrogen and oxygen atoms in total. The number of anilines is 1. The quantitative estimate of drug-likeness (QED) is 0.500. The highest BCUT2D eigenvalue weighted by atomic mass is 16.2. The van der Waals surface area contributed by atoms with Gasteiger partial charge in [0, 0.05) is 63.5 Å². The number of benzene rings is 3. The first-order valence-electron chi connectivity index (χ1n) is 12.3. The molecule has 182 valence electrons. The first-order chi connectivity index (χ1) is 17.1. The molecule has 2 N–H and O–H groups in total. The fourth-order valence-electron chi connectivity index (χ4n) is 4.42. The van der Waals surface area contributed by atoms with E-state index in [9.17, 15) is 9.59 Å². The summed E-state index contributed by atoms with van der Waals surface area (Å²) in [6, 6.07) is 26.3. The maximum absolute atomic E-state index is 12.4. The van der Waals surface area contributed by atoms with Crippen LogP contribution in [0.3, 0.4) is 0 Å². The van der Waals surface area contributed by atoms with Gasteiger partial charge >= 0.3 is 0 Å². The highest BCUT2D eigenvalue weighted by Gasteiger charge is 2.18. The van der Waals surface area contributed by atoms with Crippen molar-refractivity contribution in [1.82, 2.24) is 15.5 Å². The Labute approximate surface area is 207 Å². The van der Waals surface area contributed by atoms with Crippen molar-refractivity contribution < 1.29 is 9.59 Å². The lowest BCUT2D eigenvalue weighted by Gasteiger charge is -2.36. The monoisotopic (exact) mass is 470 g/mol. The van der Waals surface area contributed by atoms with Gasteiger partial charge in [-0.25, -0.2) is 0 Å². The highest BCUT2D eigenvalue weighted by molar-refractivity contribution is 5.95. The van der Waals surface area contributed by atoms with E-state index in [1.54, 1.807) is 6.07 Å². The Morgan fingerprint density at radius 3 is 2.17 bits per heavy atom. The highest BCUT2D eigenvalue weighted by Crippen LogP contribution is 2.18. The van der Waals surface area contributed by atoms with E-state index >= 15 is 0 Å².